The molecule has 10 heavy (non-hydrogen) atoms. The molecule has 2 nitrogen and oxygen atoms in total. The summed E-state index contributed by atoms with van der Waals surface area (Å²) in [6.07, 6.45) is 0. The molecule has 52 valence electrons. The third kappa shape index (κ3) is 0.866. The van der Waals surface area contributed by atoms with Gasteiger partial charge in [-0.2, -0.15) is 0 Å². The third-order valence-corrected chi connectivity index (χ3v) is 1.72. The van der Waals surface area contributed by atoms with Crippen molar-refractivity contribution in [1.29, 1.82) is 0 Å². The maximum atomic E-state index is 2.21. The second-order valence-electron chi connectivity index (χ2n) is 2.53. The molecular weight excluding hydrogens is 124 g/mol. The standard InChI is InChI=1S/C8H10N2/c1-9-7-10(9)8-5-3-2-4-6-8/h2-6H,7H2,1H3. The second-order valence-corrected chi connectivity index (χ2v) is 2.53. The zero-order valence-corrected chi connectivity index (χ0v) is 5.99. The number of rotatable bonds is 1. The van der Waals surface area contributed by atoms with Crippen LogP contribution in [0.4, 0.5) is 5.69 Å². The molecule has 0 aromatic heterocycles. The maximum Gasteiger partial charge on any atom is 0.104 e. The number of para-hydroxylation sites is 1. The zero-order valence-electron chi connectivity index (χ0n) is 5.99. The first kappa shape index (κ1) is 5.74. The van der Waals surface area contributed by atoms with Crippen LogP contribution in [-0.4, -0.2) is 18.7 Å². The summed E-state index contributed by atoms with van der Waals surface area (Å²) >= 11 is 0. The SMILES string of the molecule is CN1CN1c1ccccc1. The molecule has 1 aliphatic heterocycles. The Bertz CT molecular complexity index is 220. The van der Waals surface area contributed by atoms with Crippen molar-refractivity contribution in [2.75, 3.05) is 18.7 Å². The van der Waals surface area contributed by atoms with Crippen LogP contribution in [0.1, 0.15) is 0 Å². The third-order valence-electron chi connectivity index (χ3n) is 1.72. The summed E-state index contributed by atoms with van der Waals surface area (Å²) in [6, 6.07) is 10.4. The minimum atomic E-state index is 1.06. The number of hydrogen-bond acceptors (Lipinski definition) is 2. The minimum Gasteiger partial charge on any atom is -0.288 e. The van der Waals surface area contributed by atoms with Crippen molar-refractivity contribution in [3.8, 4) is 0 Å². The Morgan fingerprint density at radius 2 is 1.80 bits per heavy atom. The monoisotopic (exact) mass is 134 g/mol. The molecular formula is C8H10N2. The van der Waals surface area contributed by atoms with Crippen LogP contribution in [0.5, 0.6) is 0 Å². The van der Waals surface area contributed by atoms with Crippen LogP contribution in [0.3, 0.4) is 0 Å². The molecule has 1 aromatic carbocycles. The van der Waals surface area contributed by atoms with E-state index in [0.717, 1.165) is 6.67 Å². The predicted molar refractivity (Wildman–Crippen MR) is 41.6 cm³/mol. The molecule has 1 unspecified atom stereocenters. The summed E-state index contributed by atoms with van der Waals surface area (Å²) in [7, 11) is 2.08. The molecule has 0 amide bonds. The van der Waals surface area contributed by atoms with Gasteiger partial charge >= 0.3 is 0 Å². The molecule has 2 heteroatoms. The van der Waals surface area contributed by atoms with Gasteiger partial charge in [0.15, 0.2) is 0 Å². The summed E-state index contributed by atoms with van der Waals surface area (Å²) in [6.45, 7) is 1.06. The van der Waals surface area contributed by atoms with Gasteiger partial charge in [-0.15, -0.1) is 0 Å². The van der Waals surface area contributed by atoms with Gasteiger partial charge < -0.3 is 0 Å². The first-order chi connectivity index (χ1) is 4.88. The van der Waals surface area contributed by atoms with E-state index in [-0.39, 0.29) is 0 Å². The average molecular weight is 134 g/mol. The molecule has 0 radical (unpaired) electrons. The molecule has 1 saturated heterocycles. The van der Waals surface area contributed by atoms with E-state index in [0.29, 0.717) is 0 Å². The quantitative estimate of drug-likeness (QED) is 0.534. The zero-order chi connectivity index (χ0) is 6.97. The van der Waals surface area contributed by atoms with E-state index in [1.807, 2.05) is 6.07 Å². The van der Waals surface area contributed by atoms with E-state index in [9.17, 15) is 0 Å². The van der Waals surface area contributed by atoms with Crippen LogP contribution in [-0.2, 0) is 0 Å². The summed E-state index contributed by atoms with van der Waals surface area (Å²) in [5, 5.41) is 4.37. The van der Waals surface area contributed by atoms with Crippen molar-refractivity contribution in [1.82, 2.24) is 5.01 Å². The normalized spacial score (nSPS) is 22.9. The van der Waals surface area contributed by atoms with Gasteiger partial charge in [-0.3, -0.25) is 5.01 Å². The van der Waals surface area contributed by atoms with Crippen LogP contribution < -0.4 is 5.01 Å². The Kier molecular flexibility index (Phi) is 1.14. The smallest absolute Gasteiger partial charge is 0.104 e. The van der Waals surface area contributed by atoms with Crippen molar-refractivity contribution in [3.63, 3.8) is 0 Å². The van der Waals surface area contributed by atoms with Crippen LogP contribution in [0.2, 0.25) is 0 Å². The number of benzene rings is 1. The predicted octanol–water partition coefficient (Wildman–Crippen LogP) is 1.31. The van der Waals surface area contributed by atoms with Crippen molar-refractivity contribution in [2.45, 2.75) is 0 Å². The second kappa shape index (κ2) is 1.99. The number of anilines is 1. The van der Waals surface area contributed by atoms with E-state index in [1.54, 1.807) is 0 Å². The Morgan fingerprint density at radius 3 is 2.30 bits per heavy atom. The lowest BCUT2D eigenvalue weighted by Crippen LogP contribution is -1.97. The lowest BCUT2D eigenvalue weighted by molar-refractivity contribution is 0.673. The van der Waals surface area contributed by atoms with Crippen LogP contribution in [0.15, 0.2) is 30.3 Å². The van der Waals surface area contributed by atoms with Gasteiger partial charge in [-0.1, -0.05) is 18.2 Å². The highest BCUT2D eigenvalue weighted by Crippen LogP contribution is 2.22. The van der Waals surface area contributed by atoms with Crippen molar-refractivity contribution in [2.24, 2.45) is 0 Å². The Morgan fingerprint density at radius 1 is 1.20 bits per heavy atom. The Labute approximate surface area is 60.6 Å². The van der Waals surface area contributed by atoms with Crippen molar-refractivity contribution < 1.29 is 0 Å². The van der Waals surface area contributed by atoms with E-state index in [1.165, 1.54) is 5.69 Å². The Balaban J connectivity index is 2.20. The van der Waals surface area contributed by atoms with Crippen molar-refractivity contribution >= 4 is 5.69 Å². The number of hydrazine groups is 1. The van der Waals surface area contributed by atoms with Gasteiger partial charge in [0.1, 0.15) is 6.67 Å². The summed E-state index contributed by atoms with van der Waals surface area (Å²) in [5.74, 6) is 0. The van der Waals surface area contributed by atoms with Gasteiger partial charge in [0.25, 0.3) is 0 Å². The fourth-order valence-corrected chi connectivity index (χ4v) is 1.04. The van der Waals surface area contributed by atoms with Gasteiger partial charge in [0.2, 0.25) is 0 Å². The fraction of sp³-hybridized carbons (Fsp3) is 0.250. The van der Waals surface area contributed by atoms with Gasteiger partial charge in [-0.05, 0) is 12.1 Å². The number of nitrogens with zero attached hydrogens (tertiary/aromatic N) is 2. The van der Waals surface area contributed by atoms with Gasteiger partial charge in [0, 0.05) is 7.05 Å². The molecule has 1 atom stereocenters. The molecule has 1 heterocycles. The molecule has 0 saturated carbocycles. The summed E-state index contributed by atoms with van der Waals surface area (Å²) in [5.41, 5.74) is 1.28. The van der Waals surface area contributed by atoms with E-state index >= 15 is 0 Å². The van der Waals surface area contributed by atoms with Crippen molar-refractivity contribution in [3.05, 3.63) is 30.3 Å². The molecule has 1 aliphatic rings. The summed E-state index contributed by atoms with van der Waals surface area (Å²) in [4.78, 5) is 0. The number of hydrogen-bond donors (Lipinski definition) is 0. The minimum absolute atomic E-state index is 1.06. The molecule has 0 bridgehead atoms. The maximum absolute atomic E-state index is 2.21. The fourth-order valence-electron chi connectivity index (χ4n) is 1.04. The lowest BCUT2D eigenvalue weighted by atomic mass is 10.3. The molecule has 0 N–H and O–H groups in total. The van der Waals surface area contributed by atoms with Gasteiger partial charge in [-0.25, -0.2) is 5.01 Å². The lowest BCUT2D eigenvalue weighted by Gasteiger charge is -2.00. The average Bonchev–Trinajstić information content (AvgIpc) is 2.69. The molecule has 0 aliphatic carbocycles. The van der Waals surface area contributed by atoms with E-state index in [2.05, 4.69) is 41.3 Å². The van der Waals surface area contributed by atoms with Crippen LogP contribution in [0, 0.1) is 0 Å². The first-order valence-corrected chi connectivity index (χ1v) is 3.41. The Hall–Kier alpha value is -1.02. The van der Waals surface area contributed by atoms with Gasteiger partial charge in [0.05, 0.1) is 5.69 Å². The molecule has 0 spiro atoms. The van der Waals surface area contributed by atoms with E-state index < -0.39 is 0 Å². The first-order valence-electron chi connectivity index (χ1n) is 3.41. The van der Waals surface area contributed by atoms with Crippen LogP contribution >= 0.6 is 0 Å². The molecule has 1 fully saturated rings. The highest BCUT2D eigenvalue weighted by Gasteiger charge is 2.25. The highest BCUT2D eigenvalue weighted by atomic mass is 15.8. The molecule has 2 rings (SSSR count). The van der Waals surface area contributed by atoms with Crippen LogP contribution in [0.25, 0.3) is 0 Å². The molecule has 1 aromatic rings. The highest BCUT2D eigenvalue weighted by molar-refractivity contribution is 5.48. The van der Waals surface area contributed by atoms with E-state index in [4.69, 9.17) is 0 Å². The largest absolute Gasteiger partial charge is 0.288 e. The topological polar surface area (TPSA) is 6.02 Å². The summed E-state index contributed by atoms with van der Waals surface area (Å²) < 4.78 is 0.